The van der Waals surface area contributed by atoms with Crippen LogP contribution < -0.4 is 5.48 Å². The number of carbonyl (C=O) groups excluding carboxylic acids is 1. The number of rotatable bonds is 4. The Morgan fingerprint density at radius 3 is 2.69 bits per heavy atom. The van der Waals surface area contributed by atoms with Crippen LogP contribution in [0.4, 0.5) is 0 Å². The predicted molar refractivity (Wildman–Crippen MR) is 96.1 cm³/mol. The highest BCUT2D eigenvalue weighted by atomic mass is 16.5. The molecule has 1 aromatic carbocycles. The molecule has 0 saturated carbocycles. The van der Waals surface area contributed by atoms with Gasteiger partial charge in [0, 0.05) is 35.1 Å². The molecule has 1 amide bonds. The van der Waals surface area contributed by atoms with Gasteiger partial charge in [-0.15, -0.1) is 0 Å². The molecule has 0 bridgehead atoms. The first-order valence-electron chi connectivity index (χ1n) is 8.77. The highest BCUT2D eigenvalue weighted by Gasteiger charge is 2.25. The van der Waals surface area contributed by atoms with Crippen molar-refractivity contribution in [2.24, 2.45) is 0 Å². The second-order valence-corrected chi connectivity index (χ2v) is 6.55. The Kier molecular flexibility index (Phi) is 4.08. The summed E-state index contributed by atoms with van der Waals surface area (Å²) in [6.45, 7) is 5.69. The van der Waals surface area contributed by atoms with Crippen LogP contribution in [-0.4, -0.2) is 30.7 Å². The zero-order valence-electron chi connectivity index (χ0n) is 14.9. The molecule has 2 heterocycles. The van der Waals surface area contributed by atoms with Gasteiger partial charge < -0.3 is 0 Å². The zero-order valence-corrected chi connectivity index (χ0v) is 14.9. The highest BCUT2D eigenvalue weighted by Crippen LogP contribution is 2.34. The molecule has 3 aromatic rings. The van der Waals surface area contributed by atoms with E-state index in [9.17, 15) is 4.79 Å². The predicted octanol–water partition coefficient (Wildman–Crippen LogP) is 2.34. The lowest BCUT2D eigenvalue weighted by molar-refractivity contribution is 0.0706. The van der Waals surface area contributed by atoms with Crippen LogP contribution in [-0.2, 0) is 25.9 Å². The lowest BCUT2D eigenvalue weighted by Crippen LogP contribution is -2.18. The first-order valence-corrected chi connectivity index (χ1v) is 8.77. The third-order valence-corrected chi connectivity index (χ3v) is 5.01. The van der Waals surface area contributed by atoms with Crippen molar-refractivity contribution in [1.29, 1.82) is 0 Å². The largest absolute Gasteiger partial charge is 0.288 e. The van der Waals surface area contributed by atoms with E-state index in [2.05, 4.69) is 25.1 Å². The minimum atomic E-state index is -0.511. The molecule has 1 aliphatic carbocycles. The van der Waals surface area contributed by atoms with E-state index in [1.165, 1.54) is 11.3 Å². The van der Waals surface area contributed by atoms with E-state index in [0.717, 1.165) is 41.9 Å². The molecular weight excluding hydrogens is 330 g/mol. The highest BCUT2D eigenvalue weighted by molar-refractivity contribution is 5.93. The van der Waals surface area contributed by atoms with Crippen LogP contribution in [0.1, 0.15) is 39.8 Å². The summed E-state index contributed by atoms with van der Waals surface area (Å²) in [5.74, 6) is -0.511. The van der Waals surface area contributed by atoms with Crippen LogP contribution in [0.15, 0.2) is 30.5 Å². The summed E-state index contributed by atoms with van der Waals surface area (Å²) >= 11 is 0. The smallest absolute Gasteiger partial charge is 0.274 e. The first-order chi connectivity index (χ1) is 12.6. The van der Waals surface area contributed by atoms with Gasteiger partial charge in [-0.05, 0) is 44.4 Å². The monoisotopic (exact) mass is 351 g/mol. The van der Waals surface area contributed by atoms with Crippen molar-refractivity contribution in [3.63, 3.8) is 0 Å². The van der Waals surface area contributed by atoms with Crippen molar-refractivity contribution < 1.29 is 10.0 Å². The van der Waals surface area contributed by atoms with Gasteiger partial charge in [-0.25, -0.2) is 5.48 Å². The summed E-state index contributed by atoms with van der Waals surface area (Å²) in [5.41, 5.74) is 8.89. The Morgan fingerprint density at radius 2 is 2.00 bits per heavy atom. The van der Waals surface area contributed by atoms with E-state index >= 15 is 0 Å². The van der Waals surface area contributed by atoms with Crippen molar-refractivity contribution in [3.05, 3.63) is 58.5 Å². The fourth-order valence-electron chi connectivity index (χ4n) is 3.50. The molecule has 0 saturated heterocycles. The number of benzene rings is 1. The summed E-state index contributed by atoms with van der Waals surface area (Å²) in [7, 11) is 0. The van der Waals surface area contributed by atoms with Gasteiger partial charge in [-0.1, -0.05) is 12.1 Å². The van der Waals surface area contributed by atoms with Crippen LogP contribution in [0.3, 0.4) is 0 Å². The molecule has 0 fully saturated rings. The van der Waals surface area contributed by atoms with Crippen LogP contribution in [0.25, 0.3) is 11.3 Å². The lowest BCUT2D eigenvalue weighted by Gasteiger charge is -2.09. The van der Waals surface area contributed by atoms with E-state index in [1.54, 1.807) is 17.6 Å². The number of aryl methyl sites for hydroxylation is 2. The van der Waals surface area contributed by atoms with E-state index in [4.69, 9.17) is 10.3 Å². The second kappa shape index (κ2) is 6.42. The molecule has 2 aromatic heterocycles. The van der Waals surface area contributed by atoms with Crippen LogP contribution >= 0.6 is 0 Å². The van der Waals surface area contributed by atoms with Crippen molar-refractivity contribution in [3.8, 4) is 11.3 Å². The maximum atomic E-state index is 11.4. The third-order valence-electron chi connectivity index (χ3n) is 5.01. The Hall–Kier alpha value is -2.93. The standard InChI is InChI=1S/C19H21N5O2/c1-3-23-11-16-17(20-23)9-8-15-12(2)24(21-18(15)16)10-13-4-6-14(7-5-13)19(25)22-26/h4-7,11,26H,3,8-10H2,1-2H3,(H,22,25). The first kappa shape index (κ1) is 16.5. The minimum Gasteiger partial charge on any atom is -0.288 e. The normalized spacial score (nSPS) is 12.6. The zero-order chi connectivity index (χ0) is 18.3. The van der Waals surface area contributed by atoms with Crippen molar-refractivity contribution in [2.45, 2.75) is 39.8 Å². The number of hydrogen-bond donors (Lipinski definition) is 2. The molecule has 0 aliphatic heterocycles. The summed E-state index contributed by atoms with van der Waals surface area (Å²) in [4.78, 5) is 11.4. The van der Waals surface area contributed by atoms with E-state index in [-0.39, 0.29) is 0 Å². The van der Waals surface area contributed by atoms with Gasteiger partial charge in [0.2, 0.25) is 0 Å². The quantitative estimate of drug-likeness (QED) is 0.558. The lowest BCUT2D eigenvalue weighted by atomic mass is 9.94. The van der Waals surface area contributed by atoms with Gasteiger partial charge in [0.25, 0.3) is 5.91 Å². The number of carbonyl (C=O) groups is 1. The van der Waals surface area contributed by atoms with Gasteiger partial charge in [-0.2, -0.15) is 10.2 Å². The summed E-state index contributed by atoms with van der Waals surface area (Å²) in [5, 5.41) is 18.2. The Bertz CT molecular complexity index is 969. The van der Waals surface area contributed by atoms with Gasteiger partial charge in [0.1, 0.15) is 0 Å². The van der Waals surface area contributed by atoms with Crippen molar-refractivity contribution in [2.75, 3.05) is 0 Å². The van der Waals surface area contributed by atoms with Crippen LogP contribution in [0, 0.1) is 6.92 Å². The molecule has 7 heteroatoms. The van der Waals surface area contributed by atoms with E-state index in [1.807, 2.05) is 21.5 Å². The molecule has 0 unspecified atom stereocenters. The molecule has 0 atom stereocenters. The molecule has 26 heavy (non-hydrogen) atoms. The Labute approximate surface area is 151 Å². The fourth-order valence-corrected chi connectivity index (χ4v) is 3.50. The molecule has 1 aliphatic rings. The van der Waals surface area contributed by atoms with E-state index < -0.39 is 5.91 Å². The summed E-state index contributed by atoms with van der Waals surface area (Å²) in [6, 6.07) is 7.16. The number of fused-ring (bicyclic) bond motifs is 3. The average molecular weight is 351 g/mol. The number of hydrogen-bond acceptors (Lipinski definition) is 4. The molecule has 134 valence electrons. The second-order valence-electron chi connectivity index (χ2n) is 6.55. The van der Waals surface area contributed by atoms with Crippen molar-refractivity contribution in [1.82, 2.24) is 25.0 Å². The van der Waals surface area contributed by atoms with Crippen LogP contribution in [0.2, 0.25) is 0 Å². The summed E-state index contributed by atoms with van der Waals surface area (Å²) in [6.07, 6.45) is 4.00. The topological polar surface area (TPSA) is 85.0 Å². The molecule has 2 N–H and O–H groups in total. The number of amides is 1. The van der Waals surface area contributed by atoms with Crippen LogP contribution in [0.5, 0.6) is 0 Å². The number of hydroxylamine groups is 1. The molecule has 4 rings (SSSR count). The van der Waals surface area contributed by atoms with Gasteiger partial charge >= 0.3 is 0 Å². The van der Waals surface area contributed by atoms with E-state index in [0.29, 0.717) is 12.1 Å². The number of nitrogens with one attached hydrogen (secondary N) is 1. The maximum Gasteiger partial charge on any atom is 0.274 e. The van der Waals surface area contributed by atoms with Gasteiger partial charge in [0.05, 0.1) is 17.9 Å². The summed E-state index contributed by atoms with van der Waals surface area (Å²) < 4.78 is 3.99. The Balaban J connectivity index is 1.64. The number of nitrogens with zero attached hydrogens (tertiary/aromatic N) is 4. The minimum absolute atomic E-state index is 0.421. The molecule has 7 nitrogen and oxygen atoms in total. The SMILES string of the molecule is CCn1cc2c(n1)CCc1c-2nn(Cc2ccc(C(=O)NO)cc2)c1C. The maximum absolute atomic E-state index is 11.4. The van der Waals surface area contributed by atoms with Gasteiger partial charge in [-0.3, -0.25) is 19.4 Å². The average Bonchev–Trinajstić information content (AvgIpc) is 3.23. The third kappa shape index (κ3) is 2.70. The Morgan fingerprint density at radius 1 is 1.23 bits per heavy atom. The van der Waals surface area contributed by atoms with Gasteiger partial charge in [0.15, 0.2) is 0 Å². The molecule has 0 spiro atoms. The molecule has 0 radical (unpaired) electrons. The fraction of sp³-hybridized carbons (Fsp3) is 0.316. The molecular formula is C19H21N5O2. The number of aromatic nitrogens is 4. The van der Waals surface area contributed by atoms with Crippen molar-refractivity contribution >= 4 is 5.91 Å².